The molecule has 76 valence electrons. The summed E-state index contributed by atoms with van der Waals surface area (Å²) in [7, 11) is 3.22. The standard InChI is InChI=1S/C11H15NO2/c1-6-9-7(2)8(3)10(12(9)4)11(13)14-5/h6H,2H2,1,3-5H3/b9-6-. The summed E-state index contributed by atoms with van der Waals surface area (Å²) in [6.45, 7) is 7.73. The van der Waals surface area contributed by atoms with Crippen LogP contribution in [-0.2, 0) is 11.8 Å². The number of carbonyl (C=O) groups excluding carboxylic acids is 1. The second-order valence-electron chi connectivity index (χ2n) is 3.18. The Morgan fingerprint density at radius 3 is 2.50 bits per heavy atom. The Morgan fingerprint density at radius 2 is 2.14 bits per heavy atom. The molecule has 0 fully saturated rings. The Labute approximate surface area is 83.3 Å². The van der Waals surface area contributed by atoms with Gasteiger partial charge in [-0.2, -0.15) is 0 Å². The van der Waals surface area contributed by atoms with E-state index in [0.717, 1.165) is 16.1 Å². The van der Waals surface area contributed by atoms with E-state index in [1.165, 1.54) is 7.11 Å². The molecular weight excluding hydrogens is 178 g/mol. The summed E-state index contributed by atoms with van der Waals surface area (Å²) in [5.41, 5.74) is 1.46. The Hall–Kier alpha value is -1.51. The molecule has 0 saturated heterocycles. The van der Waals surface area contributed by atoms with E-state index in [9.17, 15) is 4.79 Å². The van der Waals surface area contributed by atoms with Gasteiger partial charge in [-0.05, 0) is 24.6 Å². The summed E-state index contributed by atoms with van der Waals surface area (Å²) >= 11 is 0. The second kappa shape index (κ2) is 3.70. The monoisotopic (exact) mass is 193 g/mol. The maximum atomic E-state index is 11.5. The number of rotatable bonds is 1. The third kappa shape index (κ3) is 1.35. The first-order valence-electron chi connectivity index (χ1n) is 4.43. The van der Waals surface area contributed by atoms with E-state index in [1.54, 1.807) is 0 Å². The minimum atomic E-state index is -0.317. The molecule has 0 aliphatic carbocycles. The number of aromatic nitrogens is 1. The second-order valence-corrected chi connectivity index (χ2v) is 3.18. The molecule has 14 heavy (non-hydrogen) atoms. The van der Waals surface area contributed by atoms with E-state index < -0.39 is 0 Å². The summed E-state index contributed by atoms with van der Waals surface area (Å²) in [4.78, 5) is 11.5. The predicted octanol–water partition coefficient (Wildman–Crippen LogP) is 0.331. The molecule has 0 bridgehead atoms. The lowest BCUT2D eigenvalue weighted by molar-refractivity contribution is 0.0588. The van der Waals surface area contributed by atoms with E-state index in [-0.39, 0.29) is 5.97 Å². The van der Waals surface area contributed by atoms with Crippen LogP contribution in [0.3, 0.4) is 0 Å². The number of carbonyl (C=O) groups is 1. The van der Waals surface area contributed by atoms with E-state index >= 15 is 0 Å². The molecule has 0 unspecified atom stereocenters. The van der Waals surface area contributed by atoms with Gasteiger partial charge in [0.1, 0.15) is 5.69 Å². The molecule has 0 spiro atoms. The molecule has 0 N–H and O–H groups in total. The SMILES string of the molecule is C=c1c(C)c(C(=O)OC)n(C)/c1=C\C. The number of methoxy groups -OCH3 is 1. The minimum Gasteiger partial charge on any atom is -0.464 e. The van der Waals surface area contributed by atoms with Gasteiger partial charge in [0, 0.05) is 12.4 Å². The van der Waals surface area contributed by atoms with Crippen LogP contribution in [0.5, 0.6) is 0 Å². The van der Waals surface area contributed by atoms with Crippen molar-refractivity contribution in [1.29, 1.82) is 0 Å². The van der Waals surface area contributed by atoms with E-state index in [1.807, 2.05) is 31.5 Å². The van der Waals surface area contributed by atoms with Gasteiger partial charge in [0.05, 0.1) is 7.11 Å². The summed E-state index contributed by atoms with van der Waals surface area (Å²) in [5.74, 6) is -0.317. The fraction of sp³-hybridized carbons (Fsp3) is 0.364. The molecule has 3 heteroatoms. The van der Waals surface area contributed by atoms with Crippen molar-refractivity contribution in [1.82, 2.24) is 4.57 Å². The largest absolute Gasteiger partial charge is 0.464 e. The molecule has 0 aliphatic heterocycles. The van der Waals surface area contributed by atoms with Crippen LogP contribution in [0.4, 0.5) is 0 Å². The van der Waals surface area contributed by atoms with Gasteiger partial charge >= 0.3 is 5.97 Å². The highest BCUT2D eigenvalue weighted by Crippen LogP contribution is 2.01. The normalized spacial score (nSPS) is 11.9. The third-order valence-corrected chi connectivity index (χ3v) is 2.47. The maximum Gasteiger partial charge on any atom is 0.354 e. The van der Waals surface area contributed by atoms with Crippen molar-refractivity contribution in [2.45, 2.75) is 13.8 Å². The summed E-state index contributed by atoms with van der Waals surface area (Å²) < 4.78 is 6.52. The number of nitrogens with zero attached hydrogens (tertiary/aromatic N) is 1. The highest BCUT2D eigenvalue weighted by Gasteiger charge is 2.15. The lowest BCUT2D eigenvalue weighted by Gasteiger charge is -2.02. The zero-order valence-corrected chi connectivity index (χ0v) is 9.05. The van der Waals surface area contributed by atoms with Crippen molar-refractivity contribution in [3.8, 4) is 0 Å². The number of ether oxygens (including phenoxy) is 1. The molecular formula is C11H15NO2. The fourth-order valence-corrected chi connectivity index (χ4v) is 1.66. The van der Waals surface area contributed by atoms with Crippen LogP contribution in [0.25, 0.3) is 12.7 Å². The molecule has 0 aliphatic rings. The van der Waals surface area contributed by atoms with Crippen molar-refractivity contribution in [2.75, 3.05) is 7.11 Å². The Kier molecular flexibility index (Phi) is 2.79. The van der Waals surface area contributed by atoms with E-state index in [0.29, 0.717) is 5.69 Å². The zero-order chi connectivity index (χ0) is 10.9. The average Bonchev–Trinajstić information content (AvgIpc) is 2.38. The molecule has 1 aromatic heterocycles. The summed E-state index contributed by atoms with van der Waals surface area (Å²) in [5, 5.41) is 1.85. The van der Waals surface area contributed by atoms with Crippen LogP contribution < -0.4 is 10.6 Å². The molecule has 0 aromatic carbocycles. The first-order chi connectivity index (χ1) is 6.54. The Morgan fingerprint density at radius 1 is 1.57 bits per heavy atom. The quantitative estimate of drug-likeness (QED) is 0.602. The molecule has 1 heterocycles. The number of hydrogen-bond donors (Lipinski definition) is 0. The van der Waals surface area contributed by atoms with Crippen molar-refractivity contribution in [3.05, 3.63) is 21.8 Å². The highest BCUT2D eigenvalue weighted by atomic mass is 16.5. The molecule has 1 aromatic rings. The Bertz CT molecular complexity index is 468. The van der Waals surface area contributed by atoms with Gasteiger partial charge in [0.2, 0.25) is 0 Å². The number of esters is 1. The minimum absolute atomic E-state index is 0.317. The average molecular weight is 193 g/mol. The first-order valence-corrected chi connectivity index (χ1v) is 4.43. The molecule has 0 saturated carbocycles. The molecule has 0 amide bonds. The van der Waals surface area contributed by atoms with Gasteiger partial charge in [-0.25, -0.2) is 4.79 Å². The van der Waals surface area contributed by atoms with Crippen molar-refractivity contribution < 1.29 is 9.53 Å². The van der Waals surface area contributed by atoms with Gasteiger partial charge in [-0.15, -0.1) is 0 Å². The molecule has 0 atom stereocenters. The van der Waals surface area contributed by atoms with Gasteiger partial charge in [-0.3, -0.25) is 0 Å². The topological polar surface area (TPSA) is 31.2 Å². The summed E-state index contributed by atoms with van der Waals surface area (Å²) in [6, 6.07) is 0. The van der Waals surface area contributed by atoms with E-state index in [4.69, 9.17) is 4.74 Å². The lowest BCUT2D eigenvalue weighted by atomic mass is 10.2. The fourth-order valence-electron chi connectivity index (χ4n) is 1.66. The van der Waals surface area contributed by atoms with Crippen LogP contribution in [-0.4, -0.2) is 17.6 Å². The van der Waals surface area contributed by atoms with Crippen LogP contribution >= 0.6 is 0 Å². The predicted molar refractivity (Wildman–Crippen MR) is 56.4 cm³/mol. The first kappa shape index (κ1) is 10.6. The van der Waals surface area contributed by atoms with Crippen LogP contribution in [0.1, 0.15) is 23.0 Å². The summed E-state index contributed by atoms with van der Waals surface area (Å²) in [6.07, 6.45) is 1.93. The van der Waals surface area contributed by atoms with Gasteiger partial charge in [0.25, 0.3) is 0 Å². The van der Waals surface area contributed by atoms with Gasteiger partial charge < -0.3 is 9.30 Å². The zero-order valence-electron chi connectivity index (χ0n) is 9.05. The number of hydrogen-bond acceptors (Lipinski definition) is 2. The van der Waals surface area contributed by atoms with Crippen molar-refractivity contribution in [3.63, 3.8) is 0 Å². The van der Waals surface area contributed by atoms with Crippen molar-refractivity contribution in [2.24, 2.45) is 7.05 Å². The van der Waals surface area contributed by atoms with Crippen molar-refractivity contribution >= 4 is 18.6 Å². The van der Waals surface area contributed by atoms with Crippen LogP contribution in [0.15, 0.2) is 0 Å². The lowest BCUT2D eigenvalue weighted by Crippen LogP contribution is -2.27. The Balaban J connectivity index is 3.63. The highest BCUT2D eigenvalue weighted by molar-refractivity contribution is 5.89. The molecule has 3 nitrogen and oxygen atoms in total. The molecule has 1 rings (SSSR count). The van der Waals surface area contributed by atoms with Crippen LogP contribution in [0.2, 0.25) is 0 Å². The maximum absolute atomic E-state index is 11.5. The van der Waals surface area contributed by atoms with E-state index in [2.05, 4.69) is 6.58 Å². The van der Waals surface area contributed by atoms with Gasteiger partial charge in [-0.1, -0.05) is 12.7 Å². The third-order valence-electron chi connectivity index (χ3n) is 2.47. The van der Waals surface area contributed by atoms with Gasteiger partial charge in [0.15, 0.2) is 0 Å². The molecule has 0 radical (unpaired) electrons. The smallest absolute Gasteiger partial charge is 0.354 e. The van der Waals surface area contributed by atoms with Crippen LogP contribution in [0, 0.1) is 6.92 Å².